The Hall–Kier alpha value is -1.91. The molecule has 1 aliphatic carbocycles. The summed E-state index contributed by atoms with van der Waals surface area (Å²) < 4.78 is 7.37. The van der Waals surface area contributed by atoms with E-state index in [1.54, 1.807) is 7.11 Å². The Balaban J connectivity index is 1.59. The Morgan fingerprint density at radius 2 is 2.13 bits per heavy atom. The number of aromatic nitrogens is 2. The van der Waals surface area contributed by atoms with Crippen LogP contribution in [0.3, 0.4) is 0 Å². The number of rotatable bonds is 9. The van der Waals surface area contributed by atoms with Gasteiger partial charge < -0.3 is 9.30 Å². The van der Waals surface area contributed by atoms with E-state index in [0.29, 0.717) is 0 Å². The first kappa shape index (κ1) is 16.0. The van der Waals surface area contributed by atoms with Crippen LogP contribution in [0.25, 0.3) is 6.08 Å². The van der Waals surface area contributed by atoms with Gasteiger partial charge in [0.2, 0.25) is 0 Å². The molecule has 122 valence electrons. The maximum absolute atomic E-state index is 5.18. The van der Waals surface area contributed by atoms with E-state index in [2.05, 4.69) is 56.9 Å². The van der Waals surface area contributed by atoms with Crippen LogP contribution in [0.4, 0.5) is 0 Å². The monoisotopic (exact) mass is 311 g/mol. The van der Waals surface area contributed by atoms with Crippen LogP contribution in [0.1, 0.15) is 24.1 Å². The second-order valence-corrected chi connectivity index (χ2v) is 6.04. The highest BCUT2D eigenvalue weighted by Gasteiger charge is 2.28. The van der Waals surface area contributed by atoms with Crippen molar-refractivity contribution >= 4 is 6.08 Å². The average Bonchev–Trinajstić information content (AvgIpc) is 3.34. The molecule has 0 bridgehead atoms. The fourth-order valence-corrected chi connectivity index (χ4v) is 2.75. The summed E-state index contributed by atoms with van der Waals surface area (Å²) in [7, 11) is 1.74. The number of hydrogen-bond acceptors (Lipinski definition) is 3. The highest BCUT2D eigenvalue weighted by molar-refractivity contribution is 5.48. The third-order valence-corrected chi connectivity index (χ3v) is 4.21. The molecule has 1 aromatic heterocycles. The van der Waals surface area contributed by atoms with Crippen molar-refractivity contribution < 1.29 is 4.74 Å². The van der Waals surface area contributed by atoms with Crippen molar-refractivity contribution in [2.24, 2.45) is 0 Å². The lowest BCUT2D eigenvalue weighted by atomic mass is 10.2. The third kappa shape index (κ3) is 4.78. The highest BCUT2D eigenvalue weighted by Crippen LogP contribution is 2.28. The van der Waals surface area contributed by atoms with Crippen LogP contribution in [0.15, 0.2) is 48.9 Å². The molecule has 23 heavy (non-hydrogen) atoms. The van der Waals surface area contributed by atoms with Crippen molar-refractivity contribution in [2.45, 2.75) is 32.0 Å². The van der Waals surface area contributed by atoms with Crippen LogP contribution >= 0.6 is 0 Å². The molecule has 2 aromatic rings. The van der Waals surface area contributed by atoms with Crippen LogP contribution in [0, 0.1) is 0 Å². The summed E-state index contributed by atoms with van der Waals surface area (Å²) >= 11 is 0. The van der Waals surface area contributed by atoms with Crippen molar-refractivity contribution in [1.82, 2.24) is 14.5 Å². The number of methoxy groups -OCH3 is 1. The molecule has 0 radical (unpaired) electrons. The van der Waals surface area contributed by atoms with E-state index in [0.717, 1.165) is 32.3 Å². The van der Waals surface area contributed by atoms with E-state index in [4.69, 9.17) is 4.74 Å². The zero-order valence-corrected chi connectivity index (χ0v) is 13.8. The minimum Gasteiger partial charge on any atom is -0.383 e. The molecule has 4 heteroatoms. The van der Waals surface area contributed by atoms with E-state index >= 15 is 0 Å². The van der Waals surface area contributed by atoms with Crippen LogP contribution in [0.2, 0.25) is 0 Å². The van der Waals surface area contributed by atoms with Gasteiger partial charge in [0.15, 0.2) is 0 Å². The number of hydrogen-bond donors (Lipinski definition) is 0. The van der Waals surface area contributed by atoms with E-state index in [9.17, 15) is 0 Å². The molecular formula is C19H25N3O. The summed E-state index contributed by atoms with van der Waals surface area (Å²) in [4.78, 5) is 6.84. The molecule has 3 rings (SSSR count). The van der Waals surface area contributed by atoms with Gasteiger partial charge in [-0.05, 0) is 18.4 Å². The van der Waals surface area contributed by atoms with Crippen molar-refractivity contribution in [1.29, 1.82) is 0 Å². The molecule has 0 atom stereocenters. The predicted molar refractivity (Wildman–Crippen MR) is 93.0 cm³/mol. The van der Waals surface area contributed by atoms with Gasteiger partial charge in [-0.3, -0.25) is 4.90 Å². The molecule has 1 aromatic carbocycles. The molecule has 0 saturated heterocycles. The van der Waals surface area contributed by atoms with Gasteiger partial charge >= 0.3 is 0 Å². The number of ether oxygens (including phenoxy) is 1. The van der Waals surface area contributed by atoms with Gasteiger partial charge in [-0.1, -0.05) is 42.5 Å². The number of imidazole rings is 1. The largest absolute Gasteiger partial charge is 0.383 e. The lowest BCUT2D eigenvalue weighted by Gasteiger charge is -2.21. The van der Waals surface area contributed by atoms with E-state index in [-0.39, 0.29) is 0 Å². The second kappa shape index (κ2) is 8.09. The van der Waals surface area contributed by atoms with E-state index < -0.39 is 0 Å². The highest BCUT2D eigenvalue weighted by atomic mass is 16.5. The first-order chi connectivity index (χ1) is 11.4. The lowest BCUT2D eigenvalue weighted by Crippen LogP contribution is -2.27. The van der Waals surface area contributed by atoms with Gasteiger partial charge in [-0.25, -0.2) is 4.98 Å². The Kier molecular flexibility index (Phi) is 5.61. The molecule has 1 heterocycles. The zero-order valence-electron chi connectivity index (χ0n) is 13.8. The normalized spacial score (nSPS) is 14.9. The topological polar surface area (TPSA) is 30.3 Å². The molecule has 0 spiro atoms. The first-order valence-corrected chi connectivity index (χ1v) is 8.30. The Labute approximate surface area is 138 Å². The third-order valence-electron chi connectivity index (χ3n) is 4.21. The maximum atomic E-state index is 5.18. The van der Waals surface area contributed by atoms with Gasteiger partial charge in [0.25, 0.3) is 0 Å². The molecule has 0 unspecified atom stereocenters. The van der Waals surface area contributed by atoms with E-state index in [1.165, 1.54) is 24.1 Å². The van der Waals surface area contributed by atoms with Crippen LogP contribution in [-0.4, -0.2) is 40.8 Å². The average molecular weight is 311 g/mol. The summed E-state index contributed by atoms with van der Waals surface area (Å²) in [6.45, 7) is 3.52. The molecule has 1 fully saturated rings. The molecule has 0 N–H and O–H groups in total. The fraction of sp³-hybridized carbons (Fsp3) is 0.421. The van der Waals surface area contributed by atoms with Crippen LogP contribution < -0.4 is 0 Å². The van der Waals surface area contributed by atoms with Crippen molar-refractivity contribution in [2.75, 3.05) is 20.3 Å². The SMILES string of the molecule is COCCn1cncc1CN(C/C=C/c1ccccc1)C1CC1. The minimum absolute atomic E-state index is 0.723. The smallest absolute Gasteiger partial charge is 0.0949 e. The quantitative estimate of drug-likeness (QED) is 0.712. The van der Waals surface area contributed by atoms with Gasteiger partial charge in [0.05, 0.1) is 18.6 Å². The van der Waals surface area contributed by atoms with Crippen molar-refractivity contribution in [3.63, 3.8) is 0 Å². The fourth-order valence-electron chi connectivity index (χ4n) is 2.75. The van der Waals surface area contributed by atoms with E-state index in [1.807, 2.05) is 12.5 Å². The predicted octanol–water partition coefficient (Wildman–Crippen LogP) is 3.21. The standard InChI is InChI=1S/C19H25N3O/c1-23-13-12-22-16-20-14-19(22)15-21(18-9-10-18)11-5-8-17-6-3-2-4-7-17/h2-8,14,16,18H,9-13,15H2,1H3/b8-5+. The Bertz CT molecular complexity index is 617. The molecule has 1 saturated carbocycles. The molecule has 4 nitrogen and oxygen atoms in total. The summed E-state index contributed by atoms with van der Waals surface area (Å²) in [6.07, 6.45) is 11.0. The van der Waals surface area contributed by atoms with Gasteiger partial charge in [0.1, 0.15) is 0 Å². The molecular weight excluding hydrogens is 286 g/mol. The summed E-state index contributed by atoms with van der Waals surface area (Å²) in [5.74, 6) is 0. The van der Waals surface area contributed by atoms with Crippen LogP contribution in [0.5, 0.6) is 0 Å². The van der Waals surface area contributed by atoms with Gasteiger partial charge in [0, 0.05) is 39.0 Å². The van der Waals surface area contributed by atoms with Crippen LogP contribution in [-0.2, 0) is 17.8 Å². The molecule has 1 aliphatic rings. The number of nitrogens with zero attached hydrogens (tertiary/aromatic N) is 3. The summed E-state index contributed by atoms with van der Waals surface area (Å²) in [5, 5.41) is 0. The maximum Gasteiger partial charge on any atom is 0.0949 e. The summed E-state index contributed by atoms with van der Waals surface area (Å²) in [5.41, 5.74) is 2.52. The number of benzene rings is 1. The van der Waals surface area contributed by atoms with Crippen molar-refractivity contribution in [3.05, 3.63) is 60.2 Å². The first-order valence-electron chi connectivity index (χ1n) is 8.30. The zero-order chi connectivity index (χ0) is 15.9. The lowest BCUT2D eigenvalue weighted by molar-refractivity contribution is 0.184. The van der Waals surface area contributed by atoms with Gasteiger partial charge in [-0.15, -0.1) is 0 Å². The summed E-state index contributed by atoms with van der Waals surface area (Å²) in [6, 6.07) is 11.2. The molecule has 0 aliphatic heterocycles. The minimum atomic E-state index is 0.723. The van der Waals surface area contributed by atoms with Gasteiger partial charge in [-0.2, -0.15) is 0 Å². The molecule has 0 amide bonds. The van der Waals surface area contributed by atoms with Crippen molar-refractivity contribution in [3.8, 4) is 0 Å². The second-order valence-electron chi connectivity index (χ2n) is 6.04. The Morgan fingerprint density at radius 3 is 2.87 bits per heavy atom. The Morgan fingerprint density at radius 1 is 1.30 bits per heavy atom.